The Balaban J connectivity index is 2.15. The van der Waals surface area contributed by atoms with Crippen molar-refractivity contribution in [3.05, 3.63) is 23.8 Å². The number of hydrogen-bond acceptors (Lipinski definition) is 4. The summed E-state index contributed by atoms with van der Waals surface area (Å²) in [4.78, 5) is 14.2. The molecule has 1 aliphatic rings. The first-order chi connectivity index (χ1) is 9.19. The molecule has 1 aromatic carbocycles. The first-order valence-electron chi connectivity index (χ1n) is 6.41. The maximum Gasteiger partial charge on any atom is 0.254 e. The van der Waals surface area contributed by atoms with Gasteiger partial charge in [-0.1, -0.05) is 0 Å². The van der Waals surface area contributed by atoms with Gasteiger partial charge < -0.3 is 20.1 Å². The monoisotopic (exact) mass is 264 g/mol. The van der Waals surface area contributed by atoms with Crippen LogP contribution in [0.1, 0.15) is 16.8 Å². The molecule has 0 aromatic heterocycles. The molecule has 1 amide bonds. The topological polar surface area (TPSA) is 64.8 Å². The molecule has 0 aliphatic carbocycles. The summed E-state index contributed by atoms with van der Waals surface area (Å²) in [5.74, 6) is 1.64. The highest BCUT2D eigenvalue weighted by molar-refractivity contribution is 5.95. The summed E-state index contributed by atoms with van der Waals surface area (Å²) >= 11 is 0. The van der Waals surface area contributed by atoms with Crippen molar-refractivity contribution in [2.45, 2.75) is 6.42 Å². The number of carbonyl (C=O) groups is 1. The largest absolute Gasteiger partial charge is 0.493 e. The zero-order valence-corrected chi connectivity index (χ0v) is 11.4. The molecule has 1 atom stereocenters. The van der Waals surface area contributed by atoms with Gasteiger partial charge >= 0.3 is 0 Å². The number of nitrogens with zero attached hydrogens (tertiary/aromatic N) is 1. The van der Waals surface area contributed by atoms with Crippen LogP contribution < -0.4 is 15.2 Å². The van der Waals surface area contributed by atoms with E-state index in [9.17, 15) is 4.79 Å². The number of amides is 1. The molecular weight excluding hydrogens is 244 g/mol. The van der Waals surface area contributed by atoms with E-state index in [1.54, 1.807) is 32.4 Å². The van der Waals surface area contributed by atoms with Gasteiger partial charge in [0.25, 0.3) is 5.91 Å². The summed E-state index contributed by atoms with van der Waals surface area (Å²) in [5, 5.41) is 0. The average Bonchev–Trinajstić information content (AvgIpc) is 2.94. The molecule has 2 rings (SSSR count). The Bertz CT molecular complexity index is 462. The Morgan fingerprint density at radius 1 is 1.37 bits per heavy atom. The number of methoxy groups -OCH3 is 2. The fourth-order valence-corrected chi connectivity index (χ4v) is 2.36. The quantitative estimate of drug-likeness (QED) is 0.885. The fraction of sp³-hybridized carbons (Fsp3) is 0.500. The Kier molecular flexibility index (Phi) is 4.27. The van der Waals surface area contributed by atoms with E-state index >= 15 is 0 Å². The van der Waals surface area contributed by atoms with E-state index in [1.165, 1.54) is 0 Å². The summed E-state index contributed by atoms with van der Waals surface area (Å²) in [5.41, 5.74) is 6.26. The Morgan fingerprint density at radius 3 is 2.68 bits per heavy atom. The van der Waals surface area contributed by atoms with E-state index in [2.05, 4.69) is 0 Å². The zero-order chi connectivity index (χ0) is 13.8. The third kappa shape index (κ3) is 2.81. The van der Waals surface area contributed by atoms with Crippen LogP contribution in [0.4, 0.5) is 0 Å². The lowest BCUT2D eigenvalue weighted by Crippen LogP contribution is -2.29. The second-order valence-electron chi connectivity index (χ2n) is 4.71. The molecule has 104 valence electrons. The average molecular weight is 264 g/mol. The molecule has 0 spiro atoms. The van der Waals surface area contributed by atoms with Crippen molar-refractivity contribution < 1.29 is 14.3 Å². The van der Waals surface area contributed by atoms with Crippen molar-refractivity contribution >= 4 is 5.91 Å². The van der Waals surface area contributed by atoms with Crippen molar-refractivity contribution in [2.75, 3.05) is 33.9 Å². The maximum absolute atomic E-state index is 12.4. The highest BCUT2D eigenvalue weighted by atomic mass is 16.5. The van der Waals surface area contributed by atoms with Crippen LogP contribution in [0.15, 0.2) is 18.2 Å². The standard InChI is InChI=1S/C14H20N2O3/c1-18-12-4-3-11(7-13(12)19-2)14(17)16-6-5-10(8-15)9-16/h3-4,7,10H,5-6,8-9,15H2,1-2H3/t10-/m1/s1. The van der Waals surface area contributed by atoms with Gasteiger partial charge in [-0.3, -0.25) is 4.79 Å². The first-order valence-corrected chi connectivity index (χ1v) is 6.41. The van der Waals surface area contributed by atoms with Gasteiger partial charge in [0.15, 0.2) is 11.5 Å². The number of carbonyl (C=O) groups excluding carboxylic acids is 1. The van der Waals surface area contributed by atoms with E-state index in [-0.39, 0.29) is 5.91 Å². The molecule has 0 radical (unpaired) electrons. The number of rotatable bonds is 4. The van der Waals surface area contributed by atoms with Crippen molar-refractivity contribution in [3.63, 3.8) is 0 Å². The van der Waals surface area contributed by atoms with Crippen molar-refractivity contribution in [1.29, 1.82) is 0 Å². The number of nitrogens with two attached hydrogens (primary N) is 1. The van der Waals surface area contributed by atoms with E-state index < -0.39 is 0 Å². The number of likely N-dealkylation sites (tertiary alicyclic amines) is 1. The lowest BCUT2D eigenvalue weighted by molar-refractivity contribution is 0.0787. The minimum absolute atomic E-state index is 0.0249. The van der Waals surface area contributed by atoms with Crippen LogP contribution in [0.2, 0.25) is 0 Å². The molecule has 5 heteroatoms. The van der Waals surface area contributed by atoms with Crippen LogP contribution in [-0.2, 0) is 0 Å². The van der Waals surface area contributed by atoms with Crippen LogP contribution in [-0.4, -0.2) is 44.7 Å². The van der Waals surface area contributed by atoms with Gasteiger partial charge in [0, 0.05) is 18.7 Å². The number of ether oxygens (including phenoxy) is 2. The van der Waals surface area contributed by atoms with Crippen LogP contribution in [0.5, 0.6) is 11.5 Å². The summed E-state index contributed by atoms with van der Waals surface area (Å²) < 4.78 is 10.4. The molecule has 0 saturated carbocycles. The minimum Gasteiger partial charge on any atom is -0.493 e. The molecule has 1 saturated heterocycles. The normalized spacial score (nSPS) is 18.5. The number of benzene rings is 1. The lowest BCUT2D eigenvalue weighted by atomic mass is 10.1. The molecule has 5 nitrogen and oxygen atoms in total. The second-order valence-corrected chi connectivity index (χ2v) is 4.71. The summed E-state index contributed by atoms with van der Waals surface area (Å²) in [7, 11) is 3.14. The number of hydrogen-bond donors (Lipinski definition) is 1. The summed E-state index contributed by atoms with van der Waals surface area (Å²) in [6.07, 6.45) is 0.982. The minimum atomic E-state index is 0.0249. The first kappa shape index (κ1) is 13.7. The van der Waals surface area contributed by atoms with Gasteiger partial charge in [0.1, 0.15) is 0 Å². The van der Waals surface area contributed by atoms with E-state index in [0.717, 1.165) is 19.5 Å². The Hall–Kier alpha value is -1.75. The Labute approximate surface area is 113 Å². The molecular formula is C14H20N2O3. The van der Waals surface area contributed by atoms with E-state index in [1.807, 2.05) is 4.90 Å². The van der Waals surface area contributed by atoms with Gasteiger partial charge in [-0.2, -0.15) is 0 Å². The van der Waals surface area contributed by atoms with Gasteiger partial charge in [-0.15, -0.1) is 0 Å². The second kappa shape index (κ2) is 5.93. The predicted molar refractivity (Wildman–Crippen MR) is 72.6 cm³/mol. The fourth-order valence-electron chi connectivity index (χ4n) is 2.36. The smallest absolute Gasteiger partial charge is 0.254 e. The molecule has 19 heavy (non-hydrogen) atoms. The summed E-state index contributed by atoms with van der Waals surface area (Å²) in [6.45, 7) is 2.15. The zero-order valence-electron chi connectivity index (χ0n) is 11.4. The molecule has 0 bridgehead atoms. The third-order valence-corrected chi connectivity index (χ3v) is 3.54. The highest BCUT2D eigenvalue weighted by Gasteiger charge is 2.26. The van der Waals surface area contributed by atoms with Crippen LogP contribution in [0.3, 0.4) is 0 Å². The molecule has 1 aromatic rings. The van der Waals surface area contributed by atoms with Crippen LogP contribution >= 0.6 is 0 Å². The highest BCUT2D eigenvalue weighted by Crippen LogP contribution is 2.28. The van der Waals surface area contributed by atoms with E-state index in [0.29, 0.717) is 29.5 Å². The van der Waals surface area contributed by atoms with Crippen molar-refractivity contribution in [1.82, 2.24) is 4.90 Å². The van der Waals surface area contributed by atoms with Crippen molar-refractivity contribution in [3.8, 4) is 11.5 Å². The van der Waals surface area contributed by atoms with Gasteiger partial charge in [-0.25, -0.2) is 0 Å². The lowest BCUT2D eigenvalue weighted by Gasteiger charge is -2.17. The third-order valence-electron chi connectivity index (χ3n) is 3.54. The van der Waals surface area contributed by atoms with Gasteiger partial charge in [-0.05, 0) is 37.1 Å². The maximum atomic E-state index is 12.4. The molecule has 2 N–H and O–H groups in total. The van der Waals surface area contributed by atoms with Gasteiger partial charge in [0.2, 0.25) is 0 Å². The summed E-state index contributed by atoms with van der Waals surface area (Å²) in [6, 6.07) is 5.24. The van der Waals surface area contributed by atoms with Crippen molar-refractivity contribution in [2.24, 2.45) is 11.7 Å². The SMILES string of the molecule is COc1ccc(C(=O)N2CC[C@H](CN)C2)cc1OC. The predicted octanol–water partition coefficient (Wildman–Crippen LogP) is 1.12. The van der Waals surface area contributed by atoms with Crippen LogP contribution in [0.25, 0.3) is 0 Å². The molecule has 0 unspecified atom stereocenters. The van der Waals surface area contributed by atoms with E-state index in [4.69, 9.17) is 15.2 Å². The van der Waals surface area contributed by atoms with Gasteiger partial charge in [0.05, 0.1) is 14.2 Å². The van der Waals surface area contributed by atoms with Crippen LogP contribution in [0, 0.1) is 5.92 Å². The Morgan fingerprint density at radius 2 is 2.11 bits per heavy atom. The molecule has 1 heterocycles. The molecule has 1 aliphatic heterocycles. The molecule has 1 fully saturated rings.